The van der Waals surface area contributed by atoms with Gasteiger partial charge in [-0.1, -0.05) is 99.3 Å². The van der Waals surface area contributed by atoms with Gasteiger partial charge >= 0.3 is 0 Å². The van der Waals surface area contributed by atoms with E-state index in [1.165, 1.54) is 64.2 Å². The fourth-order valence-electron chi connectivity index (χ4n) is 3.57. The van der Waals surface area contributed by atoms with E-state index < -0.39 is 0 Å². The van der Waals surface area contributed by atoms with Gasteiger partial charge in [-0.05, 0) is 30.1 Å². The molecule has 0 aliphatic rings. The molecule has 0 saturated heterocycles. The molecule has 0 rings (SSSR count). The lowest BCUT2D eigenvalue weighted by molar-refractivity contribution is 0.189. The predicted octanol–water partition coefficient (Wildman–Crippen LogP) is 7.47. The zero-order chi connectivity index (χ0) is 15.4. The Kier molecular flexibility index (Phi) is 12.7. The molecule has 0 aromatic heterocycles. The molecule has 0 radical (unpaired) electrons. The molecule has 0 N–H and O–H groups in total. The molecule has 0 heterocycles. The average Bonchev–Trinajstić information content (AvgIpc) is 2.45. The number of unbranched alkanes of at least 4 members (excludes halogenated alkanes) is 4. The van der Waals surface area contributed by atoms with Crippen LogP contribution < -0.4 is 0 Å². The summed E-state index contributed by atoms with van der Waals surface area (Å²) in [6, 6.07) is 0. The van der Waals surface area contributed by atoms with Crippen LogP contribution in [0, 0.1) is 23.7 Å². The van der Waals surface area contributed by atoms with E-state index in [2.05, 4.69) is 41.5 Å². The van der Waals surface area contributed by atoms with Gasteiger partial charge in [0.2, 0.25) is 0 Å². The van der Waals surface area contributed by atoms with E-state index in [0.717, 1.165) is 23.7 Å². The maximum atomic E-state index is 2.51. The fraction of sp³-hybridized carbons (Fsp3) is 1.00. The third-order valence-electron chi connectivity index (χ3n) is 5.34. The molecule has 0 aliphatic heterocycles. The summed E-state index contributed by atoms with van der Waals surface area (Å²) in [6.45, 7) is 14.5. The highest BCUT2D eigenvalue weighted by atomic mass is 14.3. The smallest absolute Gasteiger partial charge is 0.0360 e. The minimum absolute atomic E-state index is 0.903. The number of hydrogen-bond donors (Lipinski definition) is 0. The van der Waals surface area contributed by atoms with E-state index in [9.17, 15) is 0 Å². The summed E-state index contributed by atoms with van der Waals surface area (Å²) in [5.41, 5.74) is 0. The topological polar surface area (TPSA) is 0 Å². The highest BCUT2D eigenvalue weighted by Gasteiger charge is 2.24. The maximum Gasteiger partial charge on any atom is -0.0360 e. The molecule has 4 atom stereocenters. The van der Waals surface area contributed by atoms with Gasteiger partial charge in [-0.3, -0.25) is 0 Å². The molecule has 0 aromatic rings. The van der Waals surface area contributed by atoms with Gasteiger partial charge in [-0.25, -0.2) is 0 Å². The van der Waals surface area contributed by atoms with Crippen molar-refractivity contribution in [1.29, 1.82) is 0 Å². The van der Waals surface area contributed by atoms with Crippen LogP contribution in [0.4, 0.5) is 0 Å². The zero-order valence-corrected chi connectivity index (χ0v) is 15.4. The molecule has 20 heavy (non-hydrogen) atoms. The Balaban J connectivity index is 4.19. The highest BCUT2D eigenvalue weighted by molar-refractivity contribution is 4.74. The maximum absolute atomic E-state index is 2.51. The summed E-state index contributed by atoms with van der Waals surface area (Å²) >= 11 is 0. The monoisotopic (exact) mass is 282 g/mol. The summed E-state index contributed by atoms with van der Waals surface area (Å²) < 4.78 is 0. The Bertz CT molecular complexity index is 196. The molecule has 0 nitrogen and oxygen atoms in total. The third-order valence-corrected chi connectivity index (χ3v) is 5.34. The molecular formula is C20H42. The second kappa shape index (κ2) is 12.7. The van der Waals surface area contributed by atoms with Crippen molar-refractivity contribution < 1.29 is 0 Å². The predicted molar refractivity (Wildman–Crippen MR) is 94.2 cm³/mol. The van der Waals surface area contributed by atoms with Crippen LogP contribution in [-0.2, 0) is 0 Å². The first-order valence-electron chi connectivity index (χ1n) is 9.56. The average molecular weight is 283 g/mol. The van der Waals surface area contributed by atoms with Crippen LogP contribution in [0.3, 0.4) is 0 Å². The molecule has 0 aliphatic carbocycles. The van der Waals surface area contributed by atoms with E-state index in [-0.39, 0.29) is 0 Å². The molecule has 0 bridgehead atoms. The van der Waals surface area contributed by atoms with Crippen molar-refractivity contribution in [2.24, 2.45) is 23.7 Å². The molecule has 122 valence electrons. The second-order valence-electron chi connectivity index (χ2n) is 7.36. The van der Waals surface area contributed by atoms with E-state index >= 15 is 0 Å². The van der Waals surface area contributed by atoms with Crippen LogP contribution in [0.1, 0.15) is 106 Å². The van der Waals surface area contributed by atoms with Crippen LogP contribution >= 0.6 is 0 Å². The minimum Gasteiger partial charge on any atom is -0.0654 e. The summed E-state index contributed by atoms with van der Waals surface area (Å²) in [5.74, 6) is 3.70. The van der Waals surface area contributed by atoms with Crippen molar-refractivity contribution in [3.8, 4) is 0 Å². The lowest BCUT2D eigenvalue weighted by Crippen LogP contribution is -2.22. The Hall–Kier alpha value is 0. The van der Waals surface area contributed by atoms with Crippen LogP contribution in [0.2, 0.25) is 0 Å². The normalized spacial score (nSPS) is 17.7. The van der Waals surface area contributed by atoms with Gasteiger partial charge in [-0.2, -0.15) is 0 Å². The van der Waals surface area contributed by atoms with E-state index in [0.29, 0.717) is 0 Å². The van der Waals surface area contributed by atoms with Gasteiger partial charge in [-0.15, -0.1) is 0 Å². The molecule has 0 saturated carbocycles. The first kappa shape index (κ1) is 20.0. The van der Waals surface area contributed by atoms with Gasteiger partial charge in [0.25, 0.3) is 0 Å². The molecule has 0 fully saturated rings. The summed E-state index contributed by atoms with van der Waals surface area (Å²) in [6.07, 6.45) is 14.2. The molecular weight excluding hydrogens is 240 g/mol. The standard InChI is InChI=1S/C20H42/c1-7-10-12-13-14-17(4)16-20(18(5)9-3)19(6)15-11-8-2/h17-20H,7-16H2,1-6H3. The van der Waals surface area contributed by atoms with E-state index in [1.54, 1.807) is 0 Å². The van der Waals surface area contributed by atoms with Crippen molar-refractivity contribution in [3.63, 3.8) is 0 Å². The third kappa shape index (κ3) is 9.03. The quantitative estimate of drug-likeness (QED) is 0.307. The highest BCUT2D eigenvalue weighted by Crippen LogP contribution is 2.34. The van der Waals surface area contributed by atoms with Crippen molar-refractivity contribution in [2.45, 2.75) is 106 Å². The minimum atomic E-state index is 0.903. The number of hydrogen-bond acceptors (Lipinski definition) is 0. The van der Waals surface area contributed by atoms with Crippen molar-refractivity contribution in [1.82, 2.24) is 0 Å². The molecule has 0 aromatic carbocycles. The van der Waals surface area contributed by atoms with Gasteiger partial charge in [0, 0.05) is 0 Å². The van der Waals surface area contributed by atoms with Crippen LogP contribution in [-0.4, -0.2) is 0 Å². The molecule has 4 unspecified atom stereocenters. The fourth-order valence-corrected chi connectivity index (χ4v) is 3.57. The summed E-state index contributed by atoms with van der Waals surface area (Å²) in [4.78, 5) is 0. The SMILES string of the molecule is CCCCCCC(C)CC(C(C)CC)C(C)CCCC. The Morgan fingerprint density at radius 2 is 1.30 bits per heavy atom. The van der Waals surface area contributed by atoms with Gasteiger partial charge in [0.15, 0.2) is 0 Å². The van der Waals surface area contributed by atoms with Crippen molar-refractivity contribution in [2.75, 3.05) is 0 Å². The molecule has 0 spiro atoms. The Morgan fingerprint density at radius 1 is 0.650 bits per heavy atom. The second-order valence-corrected chi connectivity index (χ2v) is 7.36. The van der Waals surface area contributed by atoms with Crippen LogP contribution in [0.5, 0.6) is 0 Å². The molecule has 0 heteroatoms. The van der Waals surface area contributed by atoms with E-state index in [4.69, 9.17) is 0 Å². The Morgan fingerprint density at radius 3 is 1.85 bits per heavy atom. The molecule has 0 amide bonds. The van der Waals surface area contributed by atoms with Gasteiger partial charge < -0.3 is 0 Å². The lowest BCUT2D eigenvalue weighted by Gasteiger charge is -2.31. The largest absolute Gasteiger partial charge is 0.0654 e. The van der Waals surface area contributed by atoms with Crippen molar-refractivity contribution in [3.05, 3.63) is 0 Å². The Labute approximate surface area is 130 Å². The summed E-state index contributed by atoms with van der Waals surface area (Å²) in [7, 11) is 0. The van der Waals surface area contributed by atoms with Crippen LogP contribution in [0.15, 0.2) is 0 Å². The van der Waals surface area contributed by atoms with Crippen LogP contribution in [0.25, 0.3) is 0 Å². The van der Waals surface area contributed by atoms with Crippen molar-refractivity contribution >= 4 is 0 Å². The lowest BCUT2D eigenvalue weighted by atomic mass is 9.74. The van der Waals surface area contributed by atoms with Gasteiger partial charge in [0.05, 0.1) is 0 Å². The van der Waals surface area contributed by atoms with E-state index in [1.807, 2.05) is 0 Å². The first-order valence-corrected chi connectivity index (χ1v) is 9.56. The zero-order valence-electron chi connectivity index (χ0n) is 15.4. The first-order chi connectivity index (χ1) is 9.56. The number of rotatable bonds is 13. The van der Waals surface area contributed by atoms with Gasteiger partial charge in [0.1, 0.15) is 0 Å². The summed E-state index contributed by atoms with van der Waals surface area (Å²) in [5, 5.41) is 0.